The van der Waals surface area contributed by atoms with Crippen molar-refractivity contribution in [2.75, 3.05) is 7.05 Å². The van der Waals surface area contributed by atoms with E-state index in [1.54, 1.807) is 0 Å². The zero-order valence-electron chi connectivity index (χ0n) is 12.1. The number of aryl methyl sites for hydroxylation is 1. The Morgan fingerprint density at radius 2 is 1.81 bits per heavy atom. The third-order valence-corrected chi connectivity index (χ3v) is 4.34. The van der Waals surface area contributed by atoms with Crippen LogP contribution in [0.2, 0.25) is 0 Å². The minimum Gasteiger partial charge on any atom is -0.316 e. The normalized spacial score (nSPS) is 12.4. The molecule has 2 aromatic carbocycles. The van der Waals surface area contributed by atoms with Crippen LogP contribution in [0.15, 0.2) is 40.9 Å². The Morgan fingerprint density at radius 3 is 2.48 bits per heavy atom. The monoisotopic (exact) mass is 353 g/mol. The standard InChI is InChI=1S/C17H18BrF2N/c1-11-5-3-4-6-12(11)9-13(21-2)10-14-16(19)8-7-15(18)17(14)20/h3-8,13,21H,9-10H2,1-2H3. The van der Waals surface area contributed by atoms with Crippen LogP contribution in [0.1, 0.15) is 16.7 Å². The predicted molar refractivity (Wildman–Crippen MR) is 85.5 cm³/mol. The molecule has 0 aromatic heterocycles. The first kappa shape index (κ1) is 16.1. The number of hydrogen-bond donors (Lipinski definition) is 1. The van der Waals surface area contributed by atoms with Gasteiger partial charge in [-0.1, -0.05) is 24.3 Å². The number of hydrogen-bond acceptors (Lipinski definition) is 1. The highest BCUT2D eigenvalue weighted by atomic mass is 79.9. The van der Waals surface area contributed by atoms with E-state index in [1.807, 2.05) is 38.2 Å². The molecular formula is C17H18BrF2N. The van der Waals surface area contributed by atoms with Gasteiger partial charge >= 0.3 is 0 Å². The van der Waals surface area contributed by atoms with Gasteiger partial charge in [0.05, 0.1) is 4.47 Å². The van der Waals surface area contributed by atoms with Crippen LogP contribution in [0.4, 0.5) is 8.78 Å². The fraction of sp³-hybridized carbons (Fsp3) is 0.294. The summed E-state index contributed by atoms with van der Waals surface area (Å²) in [5.41, 5.74) is 2.50. The van der Waals surface area contributed by atoms with E-state index in [1.165, 1.54) is 23.3 Å². The maximum Gasteiger partial charge on any atom is 0.143 e. The van der Waals surface area contributed by atoms with Crippen LogP contribution in [-0.4, -0.2) is 13.1 Å². The first-order chi connectivity index (χ1) is 10.0. The van der Waals surface area contributed by atoms with Crippen molar-refractivity contribution in [1.82, 2.24) is 5.32 Å². The second kappa shape index (κ2) is 7.14. The van der Waals surface area contributed by atoms with Crippen LogP contribution in [-0.2, 0) is 12.8 Å². The smallest absolute Gasteiger partial charge is 0.143 e. The average Bonchev–Trinajstić information content (AvgIpc) is 2.48. The molecule has 0 saturated heterocycles. The van der Waals surface area contributed by atoms with Gasteiger partial charge in [-0.05, 0) is 66.0 Å². The molecule has 4 heteroatoms. The van der Waals surface area contributed by atoms with Gasteiger partial charge in [-0.3, -0.25) is 0 Å². The molecule has 1 unspecified atom stereocenters. The van der Waals surface area contributed by atoms with Gasteiger partial charge in [0.1, 0.15) is 11.6 Å². The number of halogens is 3. The van der Waals surface area contributed by atoms with E-state index in [2.05, 4.69) is 21.2 Å². The molecule has 0 aliphatic rings. The molecule has 1 N–H and O–H groups in total. The zero-order chi connectivity index (χ0) is 15.4. The van der Waals surface area contributed by atoms with Crippen LogP contribution in [0.25, 0.3) is 0 Å². The Kier molecular flexibility index (Phi) is 5.48. The Hall–Kier alpha value is -1.26. The zero-order valence-corrected chi connectivity index (χ0v) is 13.7. The summed E-state index contributed by atoms with van der Waals surface area (Å²) in [5.74, 6) is -1.01. The predicted octanol–water partition coefficient (Wildman–Crippen LogP) is 4.41. The maximum atomic E-state index is 14.1. The largest absolute Gasteiger partial charge is 0.316 e. The highest BCUT2D eigenvalue weighted by Gasteiger charge is 2.17. The van der Waals surface area contributed by atoms with Crippen LogP contribution in [0, 0.1) is 18.6 Å². The minimum absolute atomic E-state index is 0.0237. The molecule has 0 saturated carbocycles. The lowest BCUT2D eigenvalue weighted by Gasteiger charge is -2.18. The molecule has 0 amide bonds. The molecule has 0 aliphatic heterocycles. The lowest BCUT2D eigenvalue weighted by Crippen LogP contribution is -2.31. The summed E-state index contributed by atoms with van der Waals surface area (Å²) in [6.45, 7) is 2.04. The van der Waals surface area contributed by atoms with Crippen molar-refractivity contribution in [1.29, 1.82) is 0 Å². The summed E-state index contributed by atoms with van der Waals surface area (Å²) in [6, 6.07) is 10.7. The van der Waals surface area contributed by atoms with Crippen molar-refractivity contribution in [2.45, 2.75) is 25.8 Å². The Labute approximate surface area is 132 Å². The molecular weight excluding hydrogens is 336 g/mol. The van der Waals surface area contributed by atoms with E-state index >= 15 is 0 Å². The summed E-state index contributed by atoms with van der Waals surface area (Å²) >= 11 is 3.11. The molecule has 0 spiro atoms. The van der Waals surface area contributed by atoms with E-state index in [0.717, 1.165) is 6.42 Å². The lowest BCUT2D eigenvalue weighted by molar-refractivity contribution is 0.499. The van der Waals surface area contributed by atoms with Crippen LogP contribution >= 0.6 is 15.9 Å². The maximum absolute atomic E-state index is 14.1. The van der Waals surface area contributed by atoms with Gasteiger partial charge in [-0.2, -0.15) is 0 Å². The highest BCUT2D eigenvalue weighted by molar-refractivity contribution is 9.10. The Morgan fingerprint density at radius 1 is 1.10 bits per heavy atom. The van der Waals surface area contributed by atoms with Gasteiger partial charge in [0.15, 0.2) is 0 Å². The van der Waals surface area contributed by atoms with Crippen LogP contribution in [0.3, 0.4) is 0 Å². The third-order valence-electron chi connectivity index (χ3n) is 3.73. The molecule has 0 aliphatic carbocycles. The fourth-order valence-electron chi connectivity index (χ4n) is 2.38. The first-order valence-corrected chi connectivity index (χ1v) is 7.66. The number of rotatable bonds is 5. The summed E-state index contributed by atoms with van der Waals surface area (Å²) < 4.78 is 28.2. The Balaban J connectivity index is 2.21. The summed E-state index contributed by atoms with van der Waals surface area (Å²) in [7, 11) is 1.82. The summed E-state index contributed by atoms with van der Waals surface area (Å²) in [4.78, 5) is 0. The molecule has 2 aromatic rings. The van der Waals surface area contributed by atoms with E-state index in [4.69, 9.17) is 0 Å². The van der Waals surface area contributed by atoms with Gasteiger partial charge in [0.25, 0.3) is 0 Å². The van der Waals surface area contributed by atoms with Crippen molar-refractivity contribution >= 4 is 15.9 Å². The van der Waals surface area contributed by atoms with E-state index < -0.39 is 11.6 Å². The quantitative estimate of drug-likeness (QED) is 0.785. The topological polar surface area (TPSA) is 12.0 Å². The molecule has 112 valence electrons. The number of nitrogens with one attached hydrogen (secondary N) is 1. The van der Waals surface area contributed by atoms with Gasteiger partial charge in [-0.15, -0.1) is 0 Å². The second-order valence-corrected chi connectivity index (χ2v) is 6.00. The lowest BCUT2D eigenvalue weighted by atomic mass is 9.96. The van der Waals surface area contributed by atoms with Crippen molar-refractivity contribution in [3.05, 3.63) is 69.2 Å². The first-order valence-electron chi connectivity index (χ1n) is 6.87. The van der Waals surface area contributed by atoms with Crippen molar-refractivity contribution in [2.24, 2.45) is 0 Å². The molecule has 1 nitrogen and oxygen atoms in total. The summed E-state index contributed by atoms with van der Waals surface area (Å²) in [6.07, 6.45) is 1.04. The Bertz CT molecular complexity index is 628. The van der Waals surface area contributed by atoms with Crippen LogP contribution < -0.4 is 5.32 Å². The molecule has 0 bridgehead atoms. The van der Waals surface area contributed by atoms with Crippen molar-refractivity contribution < 1.29 is 8.78 Å². The third kappa shape index (κ3) is 3.89. The number of likely N-dealkylation sites (N-methyl/N-ethyl adjacent to an activating group) is 1. The molecule has 2 rings (SSSR count). The minimum atomic E-state index is -0.514. The average molecular weight is 354 g/mol. The molecule has 0 heterocycles. The fourth-order valence-corrected chi connectivity index (χ4v) is 2.75. The van der Waals surface area contributed by atoms with Crippen molar-refractivity contribution in [3.63, 3.8) is 0 Å². The van der Waals surface area contributed by atoms with E-state index in [0.29, 0.717) is 10.9 Å². The summed E-state index contributed by atoms with van der Waals surface area (Å²) in [5, 5.41) is 3.15. The SMILES string of the molecule is CNC(Cc1ccccc1C)Cc1c(F)ccc(Br)c1F. The molecule has 21 heavy (non-hydrogen) atoms. The molecule has 0 radical (unpaired) electrons. The highest BCUT2D eigenvalue weighted by Crippen LogP contribution is 2.23. The van der Waals surface area contributed by atoms with E-state index in [9.17, 15) is 8.78 Å². The molecule has 0 fully saturated rings. The van der Waals surface area contributed by atoms with Crippen LogP contribution in [0.5, 0.6) is 0 Å². The van der Waals surface area contributed by atoms with Gasteiger partial charge in [0, 0.05) is 11.6 Å². The van der Waals surface area contributed by atoms with Crippen molar-refractivity contribution in [3.8, 4) is 0 Å². The van der Waals surface area contributed by atoms with E-state index in [-0.39, 0.29) is 11.6 Å². The van der Waals surface area contributed by atoms with Gasteiger partial charge in [-0.25, -0.2) is 8.78 Å². The van der Waals surface area contributed by atoms with Gasteiger partial charge < -0.3 is 5.32 Å². The number of benzene rings is 2. The molecule has 1 atom stereocenters. The van der Waals surface area contributed by atoms with Gasteiger partial charge in [0.2, 0.25) is 0 Å². The second-order valence-electron chi connectivity index (χ2n) is 5.14.